The summed E-state index contributed by atoms with van der Waals surface area (Å²) >= 11 is 0. The second-order valence-corrected chi connectivity index (χ2v) is 6.64. The second-order valence-electron chi connectivity index (χ2n) is 6.64. The predicted molar refractivity (Wildman–Crippen MR) is 70.3 cm³/mol. The van der Waals surface area contributed by atoms with Gasteiger partial charge in [-0.15, -0.1) is 0 Å². The number of hydrogen-bond donors (Lipinski definition) is 0. The minimum atomic E-state index is 0.893. The normalized spacial score (nSPS) is 44.2. The third kappa shape index (κ3) is 1.92. The quantitative estimate of drug-likeness (QED) is 0.549. The summed E-state index contributed by atoms with van der Waals surface area (Å²) < 4.78 is 1.45. The van der Waals surface area contributed by atoms with Gasteiger partial charge in [0, 0.05) is 11.8 Å². The van der Waals surface area contributed by atoms with Gasteiger partial charge in [-0.3, -0.25) is 0 Å². The standard InChI is InChI=1S/C15H30N/c1-12-11-13(2)15(4)16(14(12)3)9-7-5-6-8-10-16/h12-15H,5-11H2,1-4H3/q+1. The van der Waals surface area contributed by atoms with Gasteiger partial charge in [-0.05, 0) is 46.0 Å². The molecule has 0 amide bonds. The van der Waals surface area contributed by atoms with Crippen LogP contribution in [0.15, 0.2) is 0 Å². The van der Waals surface area contributed by atoms with Crippen molar-refractivity contribution in [2.45, 2.75) is 71.9 Å². The Morgan fingerprint density at radius 1 is 0.688 bits per heavy atom. The fraction of sp³-hybridized carbons (Fsp3) is 1.00. The molecule has 0 saturated carbocycles. The van der Waals surface area contributed by atoms with Gasteiger partial charge in [0.25, 0.3) is 0 Å². The van der Waals surface area contributed by atoms with Crippen molar-refractivity contribution in [1.82, 2.24) is 0 Å². The van der Waals surface area contributed by atoms with E-state index in [2.05, 4.69) is 27.7 Å². The van der Waals surface area contributed by atoms with E-state index in [4.69, 9.17) is 0 Å². The summed E-state index contributed by atoms with van der Waals surface area (Å²) in [4.78, 5) is 0. The van der Waals surface area contributed by atoms with E-state index in [9.17, 15) is 0 Å². The lowest BCUT2D eigenvalue weighted by Crippen LogP contribution is -2.66. The Morgan fingerprint density at radius 2 is 1.12 bits per heavy atom. The fourth-order valence-electron chi connectivity index (χ4n) is 4.46. The molecule has 94 valence electrons. The maximum absolute atomic E-state index is 2.53. The van der Waals surface area contributed by atoms with Gasteiger partial charge in [-0.1, -0.05) is 13.8 Å². The fourth-order valence-corrected chi connectivity index (χ4v) is 4.46. The minimum absolute atomic E-state index is 0.893. The van der Waals surface area contributed by atoms with Crippen molar-refractivity contribution < 1.29 is 4.48 Å². The molecule has 2 saturated heterocycles. The van der Waals surface area contributed by atoms with Crippen molar-refractivity contribution in [1.29, 1.82) is 0 Å². The first-order chi connectivity index (χ1) is 7.58. The molecular weight excluding hydrogens is 194 g/mol. The molecule has 1 nitrogen and oxygen atoms in total. The smallest absolute Gasteiger partial charge is 0.0889 e. The summed E-state index contributed by atoms with van der Waals surface area (Å²) in [5.41, 5.74) is 0. The molecule has 4 atom stereocenters. The van der Waals surface area contributed by atoms with Gasteiger partial charge in [-0.25, -0.2) is 0 Å². The van der Waals surface area contributed by atoms with Crippen LogP contribution in [0, 0.1) is 11.8 Å². The summed E-state index contributed by atoms with van der Waals surface area (Å²) in [5, 5.41) is 0. The molecular formula is C15H30N+. The maximum atomic E-state index is 2.53. The average Bonchev–Trinajstić information content (AvgIpc) is 2.51. The largest absolute Gasteiger partial charge is 0.319 e. The lowest BCUT2D eigenvalue weighted by atomic mass is 9.78. The molecule has 2 fully saturated rings. The van der Waals surface area contributed by atoms with Crippen LogP contribution in [0.1, 0.15) is 59.8 Å². The van der Waals surface area contributed by atoms with Crippen molar-refractivity contribution in [3.8, 4) is 0 Å². The molecule has 1 heteroatoms. The zero-order valence-corrected chi connectivity index (χ0v) is 11.7. The van der Waals surface area contributed by atoms with Crippen molar-refractivity contribution in [3.63, 3.8) is 0 Å². The first-order valence-electron chi connectivity index (χ1n) is 7.44. The van der Waals surface area contributed by atoms with E-state index >= 15 is 0 Å². The van der Waals surface area contributed by atoms with Crippen LogP contribution in [-0.2, 0) is 0 Å². The summed E-state index contributed by atoms with van der Waals surface area (Å²) in [7, 11) is 0. The molecule has 0 radical (unpaired) electrons. The highest BCUT2D eigenvalue weighted by atomic mass is 15.4. The summed E-state index contributed by atoms with van der Waals surface area (Å²) in [5.74, 6) is 1.84. The molecule has 0 bridgehead atoms. The second kappa shape index (κ2) is 4.68. The molecule has 0 aromatic heterocycles. The lowest BCUT2D eigenvalue weighted by molar-refractivity contribution is -0.981. The van der Waals surface area contributed by atoms with Gasteiger partial charge < -0.3 is 4.48 Å². The van der Waals surface area contributed by atoms with Crippen molar-refractivity contribution in [2.75, 3.05) is 13.1 Å². The Morgan fingerprint density at radius 3 is 1.56 bits per heavy atom. The monoisotopic (exact) mass is 224 g/mol. The topological polar surface area (TPSA) is 0 Å². The number of rotatable bonds is 0. The molecule has 0 N–H and O–H groups in total. The molecule has 0 aromatic rings. The summed E-state index contributed by atoms with van der Waals surface area (Å²) in [6.45, 7) is 12.9. The zero-order valence-electron chi connectivity index (χ0n) is 11.7. The Bertz CT molecular complexity index is 212. The van der Waals surface area contributed by atoms with Crippen LogP contribution in [0.25, 0.3) is 0 Å². The van der Waals surface area contributed by atoms with E-state index in [0.717, 1.165) is 23.9 Å². The Labute approximate surface area is 102 Å². The molecule has 1 spiro atoms. The molecule has 2 aliphatic rings. The first-order valence-corrected chi connectivity index (χ1v) is 7.44. The average molecular weight is 224 g/mol. The van der Waals surface area contributed by atoms with Gasteiger partial charge in [0.1, 0.15) is 0 Å². The predicted octanol–water partition coefficient (Wildman–Crippen LogP) is 3.83. The number of hydrogen-bond acceptors (Lipinski definition) is 0. The van der Waals surface area contributed by atoms with E-state index in [1.807, 2.05) is 0 Å². The Hall–Kier alpha value is -0.0400. The van der Waals surface area contributed by atoms with E-state index < -0.39 is 0 Å². The van der Waals surface area contributed by atoms with Crippen LogP contribution >= 0.6 is 0 Å². The van der Waals surface area contributed by atoms with E-state index in [-0.39, 0.29) is 0 Å². The minimum Gasteiger partial charge on any atom is -0.319 e. The molecule has 4 unspecified atom stereocenters. The molecule has 2 aliphatic heterocycles. The number of piperidine rings is 1. The third-order valence-electron chi connectivity index (χ3n) is 5.91. The van der Waals surface area contributed by atoms with E-state index in [1.165, 1.54) is 49.7 Å². The lowest BCUT2D eigenvalue weighted by Gasteiger charge is -2.55. The highest BCUT2D eigenvalue weighted by molar-refractivity contribution is 4.80. The Kier molecular flexibility index (Phi) is 3.63. The van der Waals surface area contributed by atoms with Gasteiger partial charge >= 0.3 is 0 Å². The van der Waals surface area contributed by atoms with Gasteiger partial charge in [0.15, 0.2) is 0 Å². The van der Waals surface area contributed by atoms with Crippen LogP contribution in [0.3, 0.4) is 0 Å². The van der Waals surface area contributed by atoms with E-state index in [1.54, 1.807) is 0 Å². The van der Waals surface area contributed by atoms with Gasteiger partial charge in [0.2, 0.25) is 0 Å². The number of nitrogens with zero attached hydrogens (tertiary/aromatic N) is 1. The van der Waals surface area contributed by atoms with Crippen molar-refractivity contribution in [3.05, 3.63) is 0 Å². The third-order valence-corrected chi connectivity index (χ3v) is 5.91. The Balaban J connectivity index is 2.24. The van der Waals surface area contributed by atoms with Gasteiger partial charge in [0.05, 0.1) is 25.2 Å². The summed E-state index contributed by atoms with van der Waals surface area (Å²) in [6.07, 6.45) is 7.33. The molecule has 0 aromatic carbocycles. The summed E-state index contributed by atoms with van der Waals surface area (Å²) in [6, 6.07) is 1.79. The SMILES string of the molecule is CC1CC(C)C(C)[N+]2(CCCCCC2)C1C. The van der Waals surface area contributed by atoms with Crippen LogP contribution in [0.4, 0.5) is 0 Å². The maximum Gasteiger partial charge on any atom is 0.0889 e. The van der Waals surface area contributed by atoms with Crippen molar-refractivity contribution in [2.24, 2.45) is 11.8 Å². The van der Waals surface area contributed by atoms with Crippen LogP contribution in [-0.4, -0.2) is 29.7 Å². The molecule has 0 aliphatic carbocycles. The number of quaternary nitrogens is 1. The van der Waals surface area contributed by atoms with Gasteiger partial charge in [-0.2, -0.15) is 0 Å². The van der Waals surface area contributed by atoms with Crippen LogP contribution in [0.2, 0.25) is 0 Å². The van der Waals surface area contributed by atoms with Crippen molar-refractivity contribution >= 4 is 0 Å². The van der Waals surface area contributed by atoms with Crippen LogP contribution < -0.4 is 0 Å². The highest BCUT2D eigenvalue weighted by Gasteiger charge is 2.48. The van der Waals surface area contributed by atoms with E-state index in [0.29, 0.717) is 0 Å². The van der Waals surface area contributed by atoms with Crippen LogP contribution in [0.5, 0.6) is 0 Å². The molecule has 2 rings (SSSR count). The zero-order chi connectivity index (χ0) is 11.8. The first kappa shape index (κ1) is 12.4. The molecule has 2 heterocycles. The molecule has 16 heavy (non-hydrogen) atoms. The highest BCUT2D eigenvalue weighted by Crippen LogP contribution is 2.40.